The molecule has 0 unspecified atom stereocenters. The SMILES string of the molecule is CC1=NN(c2ccc(S(N)(=O)=O)cc2)C(=O)/C1=C\c1ccc(-c2cccc(Cl)c2)o1. The van der Waals surface area contributed by atoms with Crippen molar-refractivity contribution in [1.29, 1.82) is 0 Å². The lowest BCUT2D eigenvalue weighted by Crippen LogP contribution is -2.21. The lowest BCUT2D eigenvalue weighted by atomic mass is 10.1. The van der Waals surface area contributed by atoms with E-state index in [2.05, 4.69) is 5.10 Å². The van der Waals surface area contributed by atoms with Gasteiger partial charge in [-0.05, 0) is 61.5 Å². The second-order valence-corrected chi connectivity index (χ2v) is 8.61. The molecule has 2 heterocycles. The Morgan fingerprint density at radius 2 is 1.83 bits per heavy atom. The van der Waals surface area contributed by atoms with Gasteiger partial charge >= 0.3 is 0 Å². The van der Waals surface area contributed by atoms with Crippen LogP contribution >= 0.6 is 11.6 Å². The molecule has 0 saturated heterocycles. The van der Waals surface area contributed by atoms with E-state index in [1.54, 1.807) is 37.3 Å². The number of hydrogen-bond acceptors (Lipinski definition) is 5. The molecular formula is C21H16ClN3O4S. The molecule has 0 spiro atoms. The summed E-state index contributed by atoms with van der Waals surface area (Å²) < 4.78 is 28.6. The first kappa shape index (κ1) is 20.1. The molecule has 1 aliphatic heterocycles. The smallest absolute Gasteiger partial charge is 0.280 e. The lowest BCUT2D eigenvalue weighted by Gasteiger charge is -2.11. The van der Waals surface area contributed by atoms with Crippen LogP contribution in [-0.4, -0.2) is 20.0 Å². The van der Waals surface area contributed by atoms with Gasteiger partial charge in [-0.2, -0.15) is 10.1 Å². The summed E-state index contributed by atoms with van der Waals surface area (Å²) in [5, 5.41) is 11.2. The van der Waals surface area contributed by atoms with E-state index in [0.717, 1.165) is 5.56 Å². The van der Waals surface area contributed by atoms with Gasteiger partial charge in [0, 0.05) is 10.6 Å². The summed E-state index contributed by atoms with van der Waals surface area (Å²) >= 11 is 6.03. The number of carbonyl (C=O) groups is 1. The van der Waals surface area contributed by atoms with Crippen molar-refractivity contribution in [3.8, 4) is 11.3 Å². The first-order valence-corrected chi connectivity index (χ1v) is 10.8. The van der Waals surface area contributed by atoms with Gasteiger partial charge in [0.2, 0.25) is 10.0 Å². The first-order valence-electron chi connectivity index (χ1n) is 8.83. The molecule has 4 rings (SSSR count). The third-order valence-electron chi connectivity index (χ3n) is 4.49. The molecule has 0 fully saturated rings. The number of furan rings is 1. The van der Waals surface area contributed by atoms with Crippen molar-refractivity contribution in [2.24, 2.45) is 10.2 Å². The Morgan fingerprint density at radius 3 is 2.50 bits per heavy atom. The Kier molecular flexibility index (Phi) is 5.07. The monoisotopic (exact) mass is 441 g/mol. The summed E-state index contributed by atoms with van der Waals surface area (Å²) in [5.41, 5.74) is 2.13. The van der Waals surface area contributed by atoms with E-state index in [-0.39, 0.29) is 10.8 Å². The molecule has 3 aromatic rings. The maximum Gasteiger partial charge on any atom is 0.280 e. The van der Waals surface area contributed by atoms with Crippen molar-refractivity contribution < 1.29 is 17.6 Å². The van der Waals surface area contributed by atoms with Crippen LogP contribution in [0.25, 0.3) is 17.4 Å². The van der Waals surface area contributed by atoms with Crippen molar-refractivity contribution in [2.45, 2.75) is 11.8 Å². The maximum atomic E-state index is 12.9. The summed E-state index contributed by atoms with van der Waals surface area (Å²) in [6, 6.07) is 16.4. The highest BCUT2D eigenvalue weighted by Crippen LogP contribution is 2.29. The van der Waals surface area contributed by atoms with E-state index in [1.807, 2.05) is 12.1 Å². The highest BCUT2D eigenvalue weighted by molar-refractivity contribution is 7.89. The normalized spacial score (nSPS) is 15.7. The number of hydrazone groups is 1. The van der Waals surface area contributed by atoms with Crippen LogP contribution < -0.4 is 10.1 Å². The third kappa shape index (κ3) is 3.93. The summed E-state index contributed by atoms with van der Waals surface area (Å²) in [7, 11) is -3.81. The van der Waals surface area contributed by atoms with E-state index < -0.39 is 10.0 Å². The Bertz CT molecular complexity index is 1310. The van der Waals surface area contributed by atoms with Gasteiger partial charge in [-0.1, -0.05) is 23.7 Å². The fourth-order valence-corrected chi connectivity index (χ4v) is 3.71. The number of anilines is 1. The Hall–Kier alpha value is -3.20. The zero-order valence-electron chi connectivity index (χ0n) is 15.7. The van der Waals surface area contributed by atoms with Gasteiger partial charge in [-0.15, -0.1) is 0 Å². The molecule has 0 bridgehead atoms. The lowest BCUT2D eigenvalue weighted by molar-refractivity contribution is -0.114. The second kappa shape index (κ2) is 7.56. The average Bonchev–Trinajstić information content (AvgIpc) is 3.28. The number of rotatable bonds is 4. The minimum Gasteiger partial charge on any atom is -0.457 e. The zero-order valence-corrected chi connectivity index (χ0v) is 17.3. The fourth-order valence-electron chi connectivity index (χ4n) is 3.01. The van der Waals surface area contributed by atoms with Gasteiger partial charge < -0.3 is 4.42 Å². The topological polar surface area (TPSA) is 106 Å². The third-order valence-corrected chi connectivity index (χ3v) is 5.66. The molecular weight excluding hydrogens is 426 g/mol. The minimum atomic E-state index is -3.81. The molecule has 1 aromatic heterocycles. The predicted octanol–water partition coefficient (Wildman–Crippen LogP) is 4.05. The quantitative estimate of drug-likeness (QED) is 0.616. The number of primary sulfonamides is 1. The van der Waals surface area contributed by atoms with Crippen molar-refractivity contribution in [3.05, 3.63) is 77.0 Å². The van der Waals surface area contributed by atoms with Crippen molar-refractivity contribution in [3.63, 3.8) is 0 Å². The highest BCUT2D eigenvalue weighted by Gasteiger charge is 2.29. The first-order chi connectivity index (χ1) is 14.2. The zero-order chi connectivity index (χ0) is 21.5. The number of nitrogens with zero attached hydrogens (tertiary/aromatic N) is 2. The largest absolute Gasteiger partial charge is 0.457 e. The average molecular weight is 442 g/mol. The van der Waals surface area contributed by atoms with Gasteiger partial charge in [0.05, 0.1) is 21.9 Å². The van der Waals surface area contributed by atoms with Crippen LogP contribution in [-0.2, 0) is 14.8 Å². The molecule has 9 heteroatoms. The number of benzene rings is 2. The molecule has 2 N–H and O–H groups in total. The van der Waals surface area contributed by atoms with Crippen LogP contribution in [0.1, 0.15) is 12.7 Å². The highest BCUT2D eigenvalue weighted by atomic mass is 35.5. The van der Waals surface area contributed by atoms with Crippen molar-refractivity contribution in [2.75, 3.05) is 5.01 Å². The molecule has 152 valence electrons. The van der Waals surface area contributed by atoms with Crippen LogP contribution in [0.2, 0.25) is 5.02 Å². The van der Waals surface area contributed by atoms with Crippen molar-refractivity contribution >= 4 is 45.0 Å². The van der Waals surface area contributed by atoms with Gasteiger partial charge in [0.25, 0.3) is 5.91 Å². The van der Waals surface area contributed by atoms with Crippen LogP contribution in [0.5, 0.6) is 0 Å². The Labute approximate surface area is 178 Å². The molecule has 2 aromatic carbocycles. The number of amides is 1. The van der Waals surface area contributed by atoms with Crippen LogP contribution in [0.3, 0.4) is 0 Å². The van der Waals surface area contributed by atoms with Gasteiger partial charge in [-0.25, -0.2) is 13.6 Å². The standard InChI is InChI=1S/C21H16ClN3O4S/c1-13-19(12-17-7-10-20(29-17)14-3-2-4-15(22)11-14)21(26)25(24-13)16-5-8-18(9-6-16)30(23,27)28/h2-12H,1H3,(H2,23,27,28)/b19-12-. The van der Waals surface area contributed by atoms with Crippen molar-refractivity contribution in [1.82, 2.24) is 0 Å². The fraction of sp³-hybridized carbons (Fsp3) is 0.0476. The maximum absolute atomic E-state index is 12.9. The molecule has 1 amide bonds. The van der Waals surface area contributed by atoms with E-state index in [1.165, 1.54) is 29.3 Å². The molecule has 0 radical (unpaired) electrons. The van der Waals surface area contributed by atoms with E-state index >= 15 is 0 Å². The van der Waals surface area contributed by atoms with Crippen LogP contribution in [0.15, 0.2) is 80.7 Å². The predicted molar refractivity (Wildman–Crippen MR) is 116 cm³/mol. The van der Waals surface area contributed by atoms with Crippen LogP contribution in [0.4, 0.5) is 5.69 Å². The number of carbonyl (C=O) groups excluding carboxylic acids is 1. The van der Waals surface area contributed by atoms with E-state index in [0.29, 0.717) is 33.5 Å². The van der Waals surface area contributed by atoms with E-state index in [4.69, 9.17) is 21.2 Å². The van der Waals surface area contributed by atoms with Gasteiger partial charge in [0.15, 0.2) is 0 Å². The molecule has 7 nitrogen and oxygen atoms in total. The molecule has 0 saturated carbocycles. The minimum absolute atomic E-state index is 0.0431. The number of sulfonamides is 1. The van der Waals surface area contributed by atoms with Gasteiger partial charge in [0.1, 0.15) is 11.5 Å². The Balaban J connectivity index is 1.60. The summed E-state index contributed by atoms with van der Waals surface area (Å²) in [6.07, 6.45) is 1.62. The summed E-state index contributed by atoms with van der Waals surface area (Å²) in [6.45, 7) is 1.71. The van der Waals surface area contributed by atoms with Gasteiger partial charge in [-0.3, -0.25) is 4.79 Å². The Morgan fingerprint density at radius 1 is 1.10 bits per heavy atom. The summed E-state index contributed by atoms with van der Waals surface area (Å²) in [4.78, 5) is 12.8. The summed E-state index contributed by atoms with van der Waals surface area (Å²) in [5.74, 6) is 0.769. The van der Waals surface area contributed by atoms with Crippen LogP contribution in [0, 0.1) is 0 Å². The number of nitrogens with two attached hydrogens (primary N) is 1. The molecule has 1 aliphatic rings. The van der Waals surface area contributed by atoms with E-state index in [9.17, 15) is 13.2 Å². The molecule has 0 aliphatic carbocycles. The number of hydrogen-bond donors (Lipinski definition) is 1. The second-order valence-electron chi connectivity index (χ2n) is 6.61. The molecule has 30 heavy (non-hydrogen) atoms. The molecule has 0 atom stereocenters. The number of halogens is 1.